The van der Waals surface area contributed by atoms with Gasteiger partial charge in [-0.1, -0.05) is 49.4 Å². The highest BCUT2D eigenvalue weighted by Crippen LogP contribution is 2.20. The lowest BCUT2D eigenvalue weighted by molar-refractivity contribution is -0.125. The van der Waals surface area contributed by atoms with Gasteiger partial charge < -0.3 is 15.8 Å². The molecule has 0 saturated carbocycles. The van der Waals surface area contributed by atoms with Gasteiger partial charge in [-0.3, -0.25) is 4.79 Å². The molecule has 1 amide bonds. The van der Waals surface area contributed by atoms with Gasteiger partial charge in [-0.2, -0.15) is 8.78 Å². The number of nitrogens with two attached hydrogens (primary N) is 1. The number of amides is 1. The van der Waals surface area contributed by atoms with Gasteiger partial charge in [-0.15, -0.1) is 12.4 Å². The standard InChI is InChI=1S/C18H20F2N2O2.ClH/c1-12(16(21)14-7-3-2-4-8-14)17(23)22-11-13-6-5-9-15(10-13)24-18(19)20;/h2-10,12,16,18H,11,21H2,1H3,(H,22,23);1H. The number of nitrogens with one attached hydrogen (secondary N) is 1. The van der Waals surface area contributed by atoms with Crippen LogP contribution in [0.3, 0.4) is 0 Å². The van der Waals surface area contributed by atoms with E-state index < -0.39 is 18.6 Å². The highest BCUT2D eigenvalue weighted by atomic mass is 35.5. The summed E-state index contributed by atoms with van der Waals surface area (Å²) in [4.78, 5) is 12.3. The summed E-state index contributed by atoms with van der Waals surface area (Å²) >= 11 is 0. The quantitative estimate of drug-likeness (QED) is 0.781. The lowest BCUT2D eigenvalue weighted by Gasteiger charge is -2.20. The van der Waals surface area contributed by atoms with Gasteiger partial charge in [0.1, 0.15) is 5.75 Å². The normalized spacial score (nSPS) is 12.8. The molecule has 2 rings (SSSR count). The first kappa shape index (κ1) is 20.9. The average molecular weight is 371 g/mol. The van der Waals surface area contributed by atoms with Crippen molar-refractivity contribution in [2.45, 2.75) is 26.1 Å². The summed E-state index contributed by atoms with van der Waals surface area (Å²) in [6.45, 7) is -0.909. The molecule has 0 aromatic heterocycles. The Morgan fingerprint density at radius 2 is 1.84 bits per heavy atom. The topological polar surface area (TPSA) is 64.3 Å². The molecular weight excluding hydrogens is 350 g/mol. The molecule has 0 bridgehead atoms. The van der Waals surface area contributed by atoms with Gasteiger partial charge in [0.2, 0.25) is 5.91 Å². The number of alkyl halides is 2. The first-order valence-electron chi connectivity index (χ1n) is 7.59. The first-order chi connectivity index (χ1) is 11.5. The molecule has 25 heavy (non-hydrogen) atoms. The molecule has 2 atom stereocenters. The van der Waals surface area contributed by atoms with Crippen LogP contribution in [0.5, 0.6) is 5.75 Å². The summed E-state index contributed by atoms with van der Waals surface area (Å²) < 4.78 is 28.8. The molecule has 0 aliphatic carbocycles. The summed E-state index contributed by atoms with van der Waals surface area (Å²) in [5, 5.41) is 2.77. The molecule has 136 valence electrons. The average Bonchev–Trinajstić information content (AvgIpc) is 2.59. The second-order valence-electron chi connectivity index (χ2n) is 5.47. The fourth-order valence-electron chi connectivity index (χ4n) is 2.31. The predicted octanol–water partition coefficient (Wildman–Crippen LogP) is 3.66. The summed E-state index contributed by atoms with van der Waals surface area (Å²) in [7, 11) is 0. The van der Waals surface area contributed by atoms with Gasteiger partial charge >= 0.3 is 6.61 Å². The van der Waals surface area contributed by atoms with E-state index in [0.29, 0.717) is 5.56 Å². The fourth-order valence-corrected chi connectivity index (χ4v) is 2.31. The second kappa shape index (κ2) is 9.96. The van der Waals surface area contributed by atoms with Crippen LogP contribution in [0.1, 0.15) is 24.1 Å². The van der Waals surface area contributed by atoms with Crippen LogP contribution in [0.2, 0.25) is 0 Å². The smallest absolute Gasteiger partial charge is 0.387 e. The van der Waals surface area contributed by atoms with Crippen molar-refractivity contribution in [1.29, 1.82) is 0 Å². The van der Waals surface area contributed by atoms with Crippen molar-refractivity contribution < 1.29 is 18.3 Å². The molecule has 2 aromatic rings. The monoisotopic (exact) mass is 370 g/mol. The highest BCUT2D eigenvalue weighted by Gasteiger charge is 2.21. The van der Waals surface area contributed by atoms with E-state index >= 15 is 0 Å². The van der Waals surface area contributed by atoms with Crippen LogP contribution in [0.4, 0.5) is 8.78 Å². The van der Waals surface area contributed by atoms with Crippen molar-refractivity contribution in [2.24, 2.45) is 11.7 Å². The second-order valence-corrected chi connectivity index (χ2v) is 5.47. The Balaban J connectivity index is 0.00000312. The molecule has 0 saturated heterocycles. The Hall–Kier alpha value is -2.18. The zero-order valence-corrected chi connectivity index (χ0v) is 14.5. The Morgan fingerprint density at radius 1 is 1.16 bits per heavy atom. The van der Waals surface area contributed by atoms with Gasteiger partial charge in [0.05, 0.1) is 5.92 Å². The number of rotatable bonds is 7. The molecule has 0 aliphatic heterocycles. The van der Waals surface area contributed by atoms with Crippen LogP contribution >= 0.6 is 12.4 Å². The lowest BCUT2D eigenvalue weighted by atomic mass is 9.94. The molecule has 3 N–H and O–H groups in total. The molecule has 4 nitrogen and oxygen atoms in total. The van der Waals surface area contributed by atoms with E-state index in [0.717, 1.165) is 5.56 Å². The summed E-state index contributed by atoms with van der Waals surface area (Å²) in [5.74, 6) is -0.565. The van der Waals surface area contributed by atoms with Crippen molar-refractivity contribution in [1.82, 2.24) is 5.32 Å². The summed E-state index contributed by atoms with van der Waals surface area (Å²) in [5.41, 5.74) is 7.67. The van der Waals surface area contributed by atoms with E-state index in [4.69, 9.17) is 5.73 Å². The maximum atomic E-state index is 12.3. The Bertz CT molecular complexity index is 671. The maximum Gasteiger partial charge on any atom is 0.387 e. The number of halogens is 3. The number of benzene rings is 2. The number of hydrogen-bond acceptors (Lipinski definition) is 3. The number of hydrogen-bond donors (Lipinski definition) is 2. The van der Waals surface area contributed by atoms with Crippen molar-refractivity contribution in [3.63, 3.8) is 0 Å². The lowest BCUT2D eigenvalue weighted by Crippen LogP contribution is -2.35. The van der Waals surface area contributed by atoms with E-state index in [1.165, 1.54) is 12.1 Å². The van der Waals surface area contributed by atoms with Crippen LogP contribution < -0.4 is 15.8 Å². The van der Waals surface area contributed by atoms with Crippen LogP contribution in [0.15, 0.2) is 54.6 Å². The Labute approximate surface area is 151 Å². The van der Waals surface area contributed by atoms with Gasteiger partial charge in [0, 0.05) is 12.6 Å². The maximum absolute atomic E-state index is 12.3. The number of carbonyl (C=O) groups is 1. The molecule has 2 unspecified atom stereocenters. The minimum absolute atomic E-state index is 0. The fraction of sp³-hybridized carbons (Fsp3) is 0.278. The first-order valence-corrected chi connectivity index (χ1v) is 7.59. The highest BCUT2D eigenvalue weighted by molar-refractivity contribution is 5.85. The Kier molecular flexibility index (Phi) is 8.31. The van der Waals surface area contributed by atoms with Crippen molar-refractivity contribution in [3.05, 3.63) is 65.7 Å². The van der Waals surface area contributed by atoms with Crippen molar-refractivity contribution in [3.8, 4) is 5.75 Å². The van der Waals surface area contributed by atoms with Gasteiger partial charge in [0.25, 0.3) is 0 Å². The van der Waals surface area contributed by atoms with Gasteiger partial charge in [0.15, 0.2) is 0 Å². The molecule has 0 fully saturated rings. The number of ether oxygens (including phenoxy) is 1. The molecule has 0 heterocycles. The molecule has 2 aromatic carbocycles. The van der Waals surface area contributed by atoms with E-state index in [2.05, 4.69) is 10.1 Å². The molecule has 0 radical (unpaired) electrons. The molecule has 0 spiro atoms. The van der Waals surface area contributed by atoms with Crippen LogP contribution in [-0.2, 0) is 11.3 Å². The largest absolute Gasteiger partial charge is 0.435 e. The van der Waals surface area contributed by atoms with Crippen LogP contribution in [-0.4, -0.2) is 12.5 Å². The third kappa shape index (κ3) is 6.32. The zero-order valence-electron chi connectivity index (χ0n) is 13.7. The molecule has 0 aliphatic rings. The van der Waals surface area contributed by atoms with Crippen molar-refractivity contribution in [2.75, 3.05) is 0 Å². The SMILES string of the molecule is CC(C(=O)NCc1cccc(OC(F)F)c1)C(N)c1ccccc1.Cl. The third-order valence-corrected chi connectivity index (χ3v) is 3.73. The molecule has 7 heteroatoms. The van der Waals surface area contributed by atoms with E-state index in [-0.39, 0.29) is 30.6 Å². The Morgan fingerprint density at radius 3 is 2.48 bits per heavy atom. The van der Waals surface area contributed by atoms with E-state index in [9.17, 15) is 13.6 Å². The summed E-state index contributed by atoms with van der Waals surface area (Å²) in [6, 6.07) is 15.2. The minimum Gasteiger partial charge on any atom is -0.435 e. The van der Waals surface area contributed by atoms with Crippen LogP contribution in [0, 0.1) is 5.92 Å². The predicted molar refractivity (Wildman–Crippen MR) is 94.7 cm³/mol. The zero-order chi connectivity index (χ0) is 17.5. The third-order valence-electron chi connectivity index (χ3n) is 3.73. The number of carbonyl (C=O) groups excluding carboxylic acids is 1. The molecular formula is C18H21ClF2N2O2. The van der Waals surface area contributed by atoms with Crippen molar-refractivity contribution >= 4 is 18.3 Å². The minimum atomic E-state index is -2.88. The summed E-state index contributed by atoms with van der Waals surface area (Å²) in [6.07, 6.45) is 0. The van der Waals surface area contributed by atoms with E-state index in [1.54, 1.807) is 19.1 Å². The van der Waals surface area contributed by atoms with Gasteiger partial charge in [-0.05, 0) is 23.3 Å². The van der Waals surface area contributed by atoms with E-state index in [1.807, 2.05) is 30.3 Å². The van der Waals surface area contributed by atoms with Gasteiger partial charge in [-0.25, -0.2) is 0 Å². The van der Waals surface area contributed by atoms with Crippen LogP contribution in [0.25, 0.3) is 0 Å².